The second-order valence-corrected chi connectivity index (χ2v) is 5.46. The van der Waals surface area contributed by atoms with Gasteiger partial charge in [0.25, 0.3) is 0 Å². The van der Waals surface area contributed by atoms with E-state index in [9.17, 15) is 13.2 Å². The standard InChI is InChI=1S/C16H16ClF3N4/c17-23-13(8-6-11-4-2-1-3-5-11)15(22)24-10-12(16(18,19)20)7-9-14(24)21/h1-5,7,9-10,13,21-23H,6,8H2/t13-/m1/s1. The molecule has 128 valence electrons. The number of halogens is 4. The molecule has 1 aromatic carbocycles. The van der Waals surface area contributed by atoms with Crippen LogP contribution in [0.15, 0.2) is 48.7 Å². The molecule has 0 unspecified atom stereocenters. The van der Waals surface area contributed by atoms with Crippen LogP contribution >= 0.6 is 11.8 Å². The Hall–Kier alpha value is -2.12. The summed E-state index contributed by atoms with van der Waals surface area (Å²) in [5.41, 5.74) is -0.105. The van der Waals surface area contributed by atoms with Crippen LogP contribution < -0.4 is 10.3 Å². The lowest BCUT2D eigenvalue weighted by molar-refractivity contribution is -0.137. The molecule has 8 heteroatoms. The van der Waals surface area contributed by atoms with Gasteiger partial charge < -0.3 is 0 Å². The molecule has 0 aliphatic heterocycles. The summed E-state index contributed by atoms with van der Waals surface area (Å²) in [5.74, 6) is -0.211. The van der Waals surface area contributed by atoms with E-state index in [4.69, 9.17) is 22.6 Å². The molecule has 0 amide bonds. The summed E-state index contributed by atoms with van der Waals surface area (Å²) < 4.78 is 39.4. The number of aryl methyl sites for hydroxylation is 1. The molecular formula is C16H16ClF3N4. The Morgan fingerprint density at radius 2 is 1.83 bits per heavy atom. The summed E-state index contributed by atoms with van der Waals surface area (Å²) in [7, 11) is 0. The number of hydrogen-bond donors (Lipinski definition) is 3. The number of hydrogen-bond acceptors (Lipinski definition) is 3. The van der Waals surface area contributed by atoms with Crippen molar-refractivity contribution in [2.24, 2.45) is 0 Å². The fourth-order valence-electron chi connectivity index (χ4n) is 2.23. The van der Waals surface area contributed by atoms with Crippen molar-refractivity contribution in [1.82, 2.24) is 9.40 Å². The van der Waals surface area contributed by atoms with Crippen molar-refractivity contribution in [3.05, 3.63) is 65.3 Å². The zero-order valence-corrected chi connectivity index (χ0v) is 13.3. The second kappa shape index (κ2) is 7.63. The van der Waals surface area contributed by atoms with Crippen LogP contribution in [0.4, 0.5) is 13.2 Å². The first kappa shape index (κ1) is 18.2. The number of alkyl halides is 3. The van der Waals surface area contributed by atoms with Gasteiger partial charge in [-0.1, -0.05) is 30.3 Å². The van der Waals surface area contributed by atoms with Crippen LogP contribution in [-0.2, 0) is 12.6 Å². The summed E-state index contributed by atoms with van der Waals surface area (Å²) in [6.07, 6.45) is -2.78. The lowest BCUT2D eigenvalue weighted by Crippen LogP contribution is -2.40. The van der Waals surface area contributed by atoms with Crippen LogP contribution in [0.25, 0.3) is 0 Å². The first-order valence-electron chi connectivity index (χ1n) is 7.16. The van der Waals surface area contributed by atoms with E-state index in [-0.39, 0.29) is 11.3 Å². The molecular weight excluding hydrogens is 341 g/mol. The van der Waals surface area contributed by atoms with Crippen molar-refractivity contribution < 1.29 is 13.2 Å². The molecule has 0 spiro atoms. The molecule has 3 N–H and O–H groups in total. The summed E-state index contributed by atoms with van der Waals surface area (Å²) in [4.78, 5) is 2.42. The van der Waals surface area contributed by atoms with Crippen molar-refractivity contribution in [3.8, 4) is 0 Å². The minimum Gasteiger partial charge on any atom is -0.288 e. The van der Waals surface area contributed by atoms with Gasteiger partial charge in [0.2, 0.25) is 0 Å². The van der Waals surface area contributed by atoms with E-state index in [0.717, 1.165) is 28.5 Å². The average molecular weight is 357 g/mol. The molecule has 4 nitrogen and oxygen atoms in total. The Morgan fingerprint density at radius 3 is 2.42 bits per heavy atom. The lowest BCUT2D eigenvalue weighted by Gasteiger charge is -2.19. The molecule has 2 aromatic rings. The lowest BCUT2D eigenvalue weighted by atomic mass is 10.0. The highest BCUT2D eigenvalue weighted by molar-refractivity contribution is 6.15. The Bertz CT molecular complexity index is 756. The number of benzene rings is 1. The molecule has 0 fully saturated rings. The normalized spacial score (nSPS) is 12.8. The van der Waals surface area contributed by atoms with Gasteiger partial charge in [-0.25, -0.2) is 4.84 Å². The fourth-order valence-corrected chi connectivity index (χ4v) is 2.45. The van der Waals surface area contributed by atoms with Crippen LogP contribution in [-0.4, -0.2) is 16.4 Å². The number of nitrogens with one attached hydrogen (secondary N) is 3. The summed E-state index contributed by atoms with van der Waals surface area (Å²) >= 11 is 5.67. The summed E-state index contributed by atoms with van der Waals surface area (Å²) in [6.45, 7) is 0. The Balaban J connectivity index is 2.20. The van der Waals surface area contributed by atoms with Crippen LogP contribution in [0.5, 0.6) is 0 Å². The van der Waals surface area contributed by atoms with E-state index in [2.05, 4.69) is 4.84 Å². The average Bonchev–Trinajstić information content (AvgIpc) is 2.55. The van der Waals surface area contributed by atoms with E-state index in [0.29, 0.717) is 12.8 Å². The van der Waals surface area contributed by atoms with Gasteiger partial charge >= 0.3 is 6.18 Å². The van der Waals surface area contributed by atoms with Crippen LogP contribution in [0.3, 0.4) is 0 Å². The molecule has 0 aliphatic carbocycles. The molecule has 1 heterocycles. The zero-order valence-electron chi connectivity index (χ0n) is 12.6. The quantitative estimate of drug-likeness (QED) is 0.428. The van der Waals surface area contributed by atoms with Crippen LogP contribution in [0.2, 0.25) is 0 Å². The van der Waals surface area contributed by atoms with Crippen LogP contribution in [0.1, 0.15) is 17.5 Å². The number of nitrogens with zero attached hydrogens (tertiary/aromatic N) is 1. The van der Waals surface area contributed by atoms with Crippen molar-refractivity contribution in [2.45, 2.75) is 25.1 Å². The first-order valence-corrected chi connectivity index (χ1v) is 7.54. The third-order valence-electron chi connectivity index (χ3n) is 3.56. The van der Waals surface area contributed by atoms with E-state index in [1.807, 2.05) is 30.3 Å². The van der Waals surface area contributed by atoms with E-state index in [1.54, 1.807) is 0 Å². The summed E-state index contributed by atoms with van der Waals surface area (Å²) in [5, 5.41) is 15.9. The molecule has 0 saturated heterocycles. The predicted octanol–water partition coefficient (Wildman–Crippen LogP) is 3.56. The third-order valence-corrected chi connectivity index (χ3v) is 3.83. The number of rotatable bonds is 5. The van der Waals surface area contributed by atoms with Crippen LogP contribution in [0, 0.1) is 10.8 Å². The van der Waals surface area contributed by atoms with E-state index >= 15 is 0 Å². The van der Waals surface area contributed by atoms with Crippen molar-refractivity contribution in [1.29, 1.82) is 10.8 Å². The second-order valence-electron chi connectivity index (χ2n) is 5.24. The largest absolute Gasteiger partial charge is 0.417 e. The van der Waals surface area contributed by atoms with Gasteiger partial charge in [0, 0.05) is 6.20 Å². The Labute approximate surface area is 142 Å². The van der Waals surface area contributed by atoms with Gasteiger partial charge in [0.15, 0.2) is 0 Å². The van der Waals surface area contributed by atoms with E-state index in [1.165, 1.54) is 0 Å². The van der Waals surface area contributed by atoms with Gasteiger partial charge in [-0.2, -0.15) is 13.2 Å². The SMILES string of the molecule is N=C([C@@H](CCc1ccccc1)NCl)n1cc(C(F)(F)F)ccc1=N. The van der Waals surface area contributed by atoms with Gasteiger partial charge in [-0.15, -0.1) is 0 Å². The zero-order chi connectivity index (χ0) is 17.7. The minimum absolute atomic E-state index is 0.211. The highest BCUT2D eigenvalue weighted by Gasteiger charge is 2.31. The van der Waals surface area contributed by atoms with Gasteiger partial charge in [0.1, 0.15) is 11.3 Å². The number of pyridine rings is 1. The molecule has 24 heavy (non-hydrogen) atoms. The predicted molar refractivity (Wildman–Crippen MR) is 86.0 cm³/mol. The molecule has 0 aliphatic rings. The smallest absolute Gasteiger partial charge is 0.288 e. The monoisotopic (exact) mass is 356 g/mol. The highest BCUT2D eigenvalue weighted by atomic mass is 35.5. The Morgan fingerprint density at radius 1 is 1.17 bits per heavy atom. The minimum atomic E-state index is -4.54. The van der Waals surface area contributed by atoms with Gasteiger partial charge in [0.05, 0.1) is 11.6 Å². The molecule has 1 aromatic heterocycles. The molecule has 1 atom stereocenters. The molecule has 0 saturated carbocycles. The topological polar surface area (TPSA) is 64.7 Å². The molecule has 0 radical (unpaired) electrons. The van der Waals surface area contributed by atoms with Crippen molar-refractivity contribution in [3.63, 3.8) is 0 Å². The summed E-state index contributed by atoms with van der Waals surface area (Å²) in [6, 6.07) is 10.6. The van der Waals surface area contributed by atoms with Gasteiger partial charge in [-0.05, 0) is 42.3 Å². The van der Waals surface area contributed by atoms with Crippen molar-refractivity contribution in [2.75, 3.05) is 0 Å². The number of aromatic nitrogens is 1. The Kier molecular flexibility index (Phi) is 5.80. The maximum Gasteiger partial charge on any atom is 0.417 e. The maximum atomic E-state index is 12.8. The van der Waals surface area contributed by atoms with Gasteiger partial charge in [-0.3, -0.25) is 15.4 Å². The van der Waals surface area contributed by atoms with Crippen molar-refractivity contribution >= 4 is 17.6 Å². The molecule has 2 rings (SSSR count). The maximum absolute atomic E-state index is 12.8. The van der Waals surface area contributed by atoms with E-state index < -0.39 is 17.8 Å². The third kappa shape index (κ3) is 4.46. The first-order chi connectivity index (χ1) is 11.3. The highest BCUT2D eigenvalue weighted by Crippen LogP contribution is 2.28. The fraction of sp³-hybridized carbons (Fsp3) is 0.250. The molecule has 0 bridgehead atoms.